The van der Waals surface area contributed by atoms with Crippen LogP contribution in [-0.4, -0.2) is 25.5 Å². The average Bonchev–Trinajstić information content (AvgIpc) is 3.11. The number of hydrogen-bond acceptors (Lipinski definition) is 5. The molecule has 0 spiro atoms. The Hall–Kier alpha value is -2.70. The standard InChI is InChI=1S/C15H17N5O2/c1-9(2)13-6-12(19-15-17-8-18-20(13)15)14(21)16-7-11-5-4-10(3)22-11/h4-6,8-9H,7H2,1-3H3,(H,16,21). The third-order valence-corrected chi connectivity index (χ3v) is 3.32. The lowest BCUT2D eigenvalue weighted by molar-refractivity contribution is 0.0942. The van der Waals surface area contributed by atoms with Gasteiger partial charge in [0.1, 0.15) is 23.5 Å². The van der Waals surface area contributed by atoms with Crippen LogP contribution in [0.15, 0.2) is 28.9 Å². The Morgan fingerprint density at radius 3 is 2.91 bits per heavy atom. The molecule has 3 heterocycles. The van der Waals surface area contributed by atoms with Crippen molar-refractivity contribution in [3.63, 3.8) is 0 Å². The Kier molecular flexibility index (Phi) is 3.62. The summed E-state index contributed by atoms with van der Waals surface area (Å²) in [7, 11) is 0. The largest absolute Gasteiger partial charge is 0.465 e. The fourth-order valence-electron chi connectivity index (χ4n) is 2.20. The van der Waals surface area contributed by atoms with Crippen molar-refractivity contribution < 1.29 is 9.21 Å². The van der Waals surface area contributed by atoms with Gasteiger partial charge in [0.15, 0.2) is 0 Å². The molecule has 1 amide bonds. The maximum absolute atomic E-state index is 12.3. The SMILES string of the molecule is Cc1ccc(CNC(=O)c2cc(C(C)C)n3ncnc3n2)o1. The topological polar surface area (TPSA) is 85.3 Å². The molecule has 114 valence electrons. The van der Waals surface area contributed by atoms with Gasteiger partial charge in [-0.3, -0.25) is 4.79 Å². The van der Waals surface area contributed by atoms with Crippen LogP contribution in [0.4, 0.5) is 0 Å². The fourth-order valence-corrected chi connectivity index (χ4v) is 2.20. The van der Waals surface area contributed by atoms with Crippen LogP contribution in [0.2, 0.25) is 0 Å². The maximum Gasteiger partial charge on any atom is 0.270 e. The van der Waals surface area contributed by atoms with Crippen molar-refractivity contribution in [3.05, 3.63) is 47.4 Å². The molecule has 0 aliphatic heterocycles. The van der Waals surface area contributed by atoms with Gasteiger partial charge in [0, 0.05) is 0 Å². The molecule has 0 aliphatic carbocycles. The maximum atomic E-state index is 12.3. The lowest BCUT2D eigenvalue weighted by Crippen LogP contribution is -2.24. The van der Waals surface area contributed by atoms with E-state index in [1.807, 2.05) is 32.9 Å². The van der Waals surface area contributed by atoms with Gasteiger partial charge in [-0.2, -0.15) is 10.1 Å². The van der Waals surface area contributed by atoms with E-state index < -0.39 is 0 Å². The number of carbonyl (C=O) groups is 1. The molecule has 1 N–H and O–H groups in total. The molecule has 0 fully saturated rings. The number of amides is 1. The van der Waals surface area contributed by atoms with Crippen LogP contribution < -0.4 is 5.32 Å². The van der Waals surface area contributed by atoms with Crippen molar-refractivity contribution in [3.8, 4) is 0 Å². The summed E-state index contributed by atoms with van der Waals surface area (Å²) in [4.78, 5) is 20.6. The summed E-state index contributed by atoms with van der Waals surface area (Å²) < 4.78 is 7.08. The minimum absolute atomic E-state index is 0.200. The second-order valence-electron chi connectivity index (χ2n) is 5.39. The molecule has 22 heavy (non-hydrogen) atoms. The van der Waals surface area contributed by atoms with Crippen molar-refractivity contribution in [2.24, 2.45) is 0 Å². The Morgan fingerprint density at radius 1 is 1.41 bits per heavy atom. The predicted octanol–water partition coefficient (Wildman–Crippen LogP) is 2.08. The summed E-state index contributed by atoms with van der Waals surface area (Å²) in [5.74, 6) is 1.88. The highest BCUT2D eigenvalue weighted by Crippen LogP contribution is 2.15. The number of aromatic nitrogens is 4. The van der Waals surface area contributed by atoms with Crippen molar-refractivity contribution in [1.82, 2.24) is 24.9 Å². The molecule has 7 heteroatoms. The first-order valence-corrected chi connectivity index (χ1v) is 7.09. The molecule has 0 radical (unpaired) electrons. The van der Waals surface area contributed by atoms with Crippen LogP contribution in [0, 0.1) is 6.92 Å². The molecule has 0 saturated heterocycles. The van der Waals surface area contributed by atoms with Gasteiger partial charge < -0.3 is 9.73 Å². The van der Waals surface area contributed by atoms with E-state index in [-0.39, 0.29) is 11.8 Å². The lowest BCUT2D eigenvalue weighted by Gasteiger charge is -2.09. The van der Waals surface area contributed by atoms with Crippen molar-refractivity contribution in [1.29, 1.82) is 0 Å². The Balaban J connectivity index is 1.84. The minimum Gasteiger partial charge on any atom is -0.465 e. The number of fused-ring (bicyclic) bond motifs is 1. The average molecular weight is 299 g/mol. The van der Waals surface area contributed by atoms with E-state index in [1.54, 1.807) is 10.6 Å². The van der Waals surface area contributed by atoms with Gasteiger partial charge in [-0.25, -0.2) is 9.50 Å². The molecule has 0 atom stereocenters. The van der Waals surface area contributed by atoms with Gasteiger partial charge in [-0.05, 0) is 31.0 Å². The molecule has 3 rings (SSSR count). The highest BCUT2D eigenvalue weighted by Gasteiger charge is 2.15. The van der Waals surface area contributed by atoms with E-state index >= 15 is 0 Å². The van der Waals surface area contributed by atoms with Gasteiger partial charge in [0.05, 0.1) is 12.2 Å². The van der Waals surface area contributed by atoms with Crippen LogP contribution >= 0.6 is 0 Å². The van der Waals surface area contributed by atoms with E-state index in [4.69, 9.17) is 4.42 Å². The van der Waals surface area contributed by atoms with Crippen molar-refractivity contribution in [2.75, 3.05) is 0 Å². The van der Waals surface area contributed by atoms with Gasteiger partial charge in [-0.15, -0.1) is 0 Å². The predicted molar refractivity (Wildman–Crippen MR) is 79.5 cm³/mol. The summed E-state index contributed by atoms with van der Waals surface area (Å²) >= 11 is 0. The highest BCUT2D eigenvalue weighted by atomic mass is 16.3. The van der Waals surface area contributed by atoms with Gasteiger partial charge in [0.2, 0.25) is 0 Å². The second kappa shape index (κ2) is 5.59. The Morgan fingerprint density at radius 2 is 2.23 bits per heavy atom. The van der Waals surface area contributed by atoms with E-state index in [1.165, 1.54) is 6.33 Å². The summed E-state index contributed by atoms with van der Waals surface area (Å²) in [5, 5.41) is 6.93. The number of nitrogens with one attached hydrogen (secondary N) is 1. The zero-order valence-corrected chi connectivity index (χ0v) is 12.7. The monoisotopic (exact) mass is 299 g/mol. The third-order valence-electron chi connectivity index (χ3n) is 3.32. The van der Waals surface area contributed by atoms with E-state index in [0.717, 1.165) is 11.5 Å². The van der Waals surface area contributed by atoms with Gasteiger partial charge >= 0.3 is 0 Å². The molecule has 3 aromatic rings. The number of rotatable bonds is 4. The summed E-state index contributed by atoms with van der Waals surface area (Å²) in [6.45, 7) is 6.25. The highest BCUT2D eigenvalue weighted by molar-refractivity contribution is 5.92. The van der Waals surface area contributed by atoms with Crippen LogP contribution in [0.1, 0.15) is 47.5 Å². The second-order valence-corrected chi connectivity index (χ2v) is 5.39. The number of furan rings is 1. The lowest BCUT2D eigenvalue weighted by atomic mass is 10.1. The molecule has 0 saturated carbocycles. The zero-order valence-electron chi connectivity index (χ0n) is 12.7. The number of hydrogen-bond donors (Lipinski definition) is 1. The third kappa shape index (κ3) is 2.69. The molecule has 0 bridgehead atoms. The molecular weight excluding hydrogens is 282 g/mol. The van der Waals surface area contributed by atoms with Crippen LogP contribution in [0.3, 0.4) is 0 Å². The number of carbonyl (C=O) groups excluding carboxylic acids is 1. The normalized spacial score (nSPS) is 11.3. The van der Waals surface area contributed by atoms with E-state index in [0.29, 0.717) is 23.8 Å². The van der Waals surface area contributed by atoms with Crippen LogP contribution in [-0.2, 0) is 6.54 Å². The first-order chi connectivity index (χ1) is 10.5. The van der Waals surface area contributed by atoms with Gasteiger partial charge in [-0.1, -0.05) is 13.8 Å². The number of nitrogens with zero attached hydrogens (tertiary/aromatic N) is 4. The van der Waals surface area contributed by atoms with Crippen molar-refractivity contribution >= 4 is 11.7 Å². The van der Waals surface area contributed by atoms with Crippen molar-refractivity contribution in [2.45, 2.75) is 33.2 Å². The molecule has 3 aromatic heterocycles. The summed E-state index contributed by atoms with van der Waals surface area (Å²) in [6, 6.07) is 5.44. The molecular formula is C15H17N5O2. The Bertz CT molecular complexity index is 818. The first-order valence-electron chi connectivity index (χ1n) is 7.09. The quantitative estimate of drug-likeness (QED) is 0.797. The van der Waals surface area contributed by atoms with Gasteiger partial charge in [0.25, 0.3) is 11.7 Å². The summed E-state index contributed by atoms with van der Waals surface area (Å²) in [5.41, 5.74) is 1.22. The minimum atomic E-state index is -0.263. The first kappa shape index (κ1) is 14.2. The number of aryl methyl sites for hydroxylation is 1. The Labute approximate surface area is 127 Å². The fraction of sp³-hybridized carbons (Fsp3) is 0.333. The van der Waals surface area contributed by atoms with Crippen LogP contribution in [0.25, 0.3) is 5.78 Å². The van der Waals surface area contributed by atoms with Crippen LogP contribution in [0.5, 0.6) is 0 Å². The molecule has 0 aliphatic rings. The summed E-state index contributed by atoms with van der Waals surface area (Å²) in [6.07, 6.45) is 1.43. The zero-order chi connectivity index (χ0) is 15.7. The molecule has 0 unspecified atom stereocenters. The molecule has 7 nitrogen and oxygen atoms in total. The van der Waals surface area contributed by atoms with E-state index in [9.17, 15) is 4.79 Å². The molecule has 0 aromatic carbocycles. The smallest absolute Gasteiger partial charge is 0.270 e. The van der Waals surface area contributed by atoms with E-state index in [2.05, 4.69) is 20.4 Å².